The van der Waals surface area contributed by atoms with Gasteiger partial charge in [0.1, 0.15) is 48.5 Å². The summed E-state index contributed by atoms with van der Waals surface area (Å²) in [5.41, 5.74) is 6.46. The fraction of sp³-hybridized carbons (Fsp3) is 0.706. The molecule has 2 aliphatic heterocycles. The van der Waals surface area contributed by atoms with E-state index in [0.717, 1.165) is 0 Å². The van der Waals surface area contributed by atoms with E-state index in [9.17, 15) is 19.7 Å². The number of hydrogen-bond acceptors (Lipinski definition) is 15. The number of anilines is 1. The lowest BCUT2D eigenvalue weighted by Crippen LogP contribution is -2.48. The van der Waals surface area contributed by atoms with Gasteiger partial charge in [-0.15, -0.1) is 0 Å². The van der Waals surface area contributed by atoms with Crippen LogP contribution in [0.3, 0.4) is 0 Å². The molecular weight excluding hydrogens is 511 g/mol. The van der Waals surface area contributed by atoms with Crippen LogP contribution in [0.2, 0.25) is 0 Å². The van der Waals surface area contributed by atoms with Crippen molar-refractivity contribution in [2.75, 3.05) is 32.5 Å². The first-order chi connectivity index (χ1) is 16.5. The van der Waals surface area contributed by atoms with Gasteiger partial charge in [-0.1, -0.05) is 0 Å². The molecule has 9 atom stereocenters. The predicted molar refractivity (Wildman–Crippen MR) is 119 cm³/mol. The first kappa shape index (κ1) is 30.3. The molecule has 18 nitrogen and oxygen atoms in total. The molecule has 0 aliphatic carbocycles. The summed E-state index contributed by atoms with van der Waals surface area (Å²) in [6.45, 7) is -0.726. The van der Waals surface area contributed by atoms with E-state index in [4.69, 9.17) is 35.4 Å². The third-order valence-corrected chi connectivity index (χ3v) is 6.35. The molecule has 2 aromatic heterocycles. The van der Waals surface area contributed by atoms with Gasteiger partial charge in [-0.2, -0.15) is 0 Å². The number of nitrogens with one attached hydrogen (secondary N) is 1. The Kier molecular flexibility index (Phi) is 10.6. The van der Waals surface area contributed by atoms with Gasteiger partial charge >= 0.3 is 7.82 Å². The van der Waals surface area contributed by atoms with Crippen LogP contribution in [0.4, 0.5) is 5.82 Å². The summed E-state index contributed by atoms with van der Waals surface area (Å²) < 4.78 is 28.2. The van der Waals surface area contributed by atoms with E-state index in [-0.39, 0.29) is 24.4 Å². The van der Waals surface area contributed by atoms with Gasteiger partial charge in [0.25, 0.3) is 0 Å². The number of nitrogens with two attached hydrogens (primary N) is 1. The Labute approximate surface area is 203 Å². The average Bonchev–Trinajstić information content (AvgIpc) is 3.39. The molecule has 206 valence electrons. The number of nitrogen functional groups attached to an aromatic ring is 1. The van der Waals surface area contributed by atoms with Crippen molar-refractivity contribution in [1.82, 2.24) is 24.8 Å². The van der Waals surface area contributed by atoms with Crippen molar-refractivity contribution >= 4 is 24.8 Å². The van der Waals surface area contributed by atoms with Gasteiger partial charge in [-0.3, -0.25) is 13.6 Å². The Morgan fingerprint density at radius 2 is 1.89 bits per heavy atom. The third-order valence-electron chi connectivity index (χ3n) is 5.37. The lowest BCUT2D eigenvalue weighted by molar-refractivity contribution is -0.113. The molecule has 0 amide bonds. The summed E-state index contributed by atoms with van der Waals surface area (Å²) >= 11 is 0. The maximum atomic E-state index is 11.5. The molecule has 0 spiro atoms. The number of nitrogens with zero attached hydrogens (tertiary/aromatic N) is 4. The zero-order valence-electron chi connectivity index (χ0n) is 19.0. The standard InChI is InChI=1S/C10H12N5O6P.C7H17NO5.H2O/c11-8-5-9(13-2-12-8)15(3-14-5)10-6(16)7-4(20-10)1-19-22(17,18)21-7;1-8-2-4(10)6(12)7(13)5(11)3-9;/h2-4,6-7,10,16H,1H2,(H,17,18)(H2,11,12,13);4-13H,2-3H2,1H3;1H2/t4-,6-,7-,10-;4-,5+,6+,7+;/m10./s1. The van der Waals surface area contributed by atoms with Crippen molar-refractivity contribution in [2.45, 2.75) is 49.0 Å². The molecule has 2 aliphatic rings. The lowest BCUT2D eigenvalue weighted by atomic mass is 10.0. The molecule has 2 saturated heterocycles. The van der Waals surface area contributed by atoms with Gasteiger partial charge in [0.15, 0.2) is 17.7 Å². The van der Waals surface area contributed by atoms with Gasteiger partial charge in [0.2, 0.25) is 0 Å². The zero-order valence-corrected chi connectivity index (χ0v) is 19.9. The number of ether oxygens (including phenoxy) is 1. The van der Waals surface area contributed by atoms with E-state index in [0.29, 0.717) is 11.2 Å². The highest BCUT2D eigenvalue weighted by atomic mass is 31.2. The number of fused-ring (bicyclic) bond motifs is 2. The van der Waals surface area contributed by atoms with Crippen LogP contribution in [0.25, 0.3) is 11.2 Å². The Hall–Kier alpha value is -1.90. The van der Waals surface area contributed by atoms with E-state index in [1.54, 1.807) is 7.05 Å². The second kappa shape index (κ2) is 12.6. The van der Waals surface area contributed by atoms with Gasteiger partial charge in [0.05, 0.1) is 25.6 Å². The lowest BCUT2D eigenvalue weighted by Gasteiger charge is -2.27. The highest BCUT2D eigenvalue weighted by molar-refractivity contribution is 7.47. The molecule has 36 heavy (non-hydrogen) atoms. The summed E-state index contributed by atoms with van der Waals surface area (Å²) in [5, 5.41) is 57.8. The highest BCUT2D eigenvalue weighted by Gasteiger charge is 2.52. The Bertz CT molecular complexity index is 1030. The van der Waals surface area contributed by atoms with Crippen LogP contribution >= 0.6 is 7.82 Å². The highest BCUT2D eigenvalue weighted by Crippen LogP contribution is 2.52. The number of imidazole rings is 1. The minimum atomic E-state index is -4.16. The van der Waals surface area contributed by atoms with Crippen LogP contribution in [0.1, 0.15) is 6.23 Å². The first-order valence-corrected chi connectivity index (χ1v) is 11.9. The maximum Gasteiger partial charge on any atom is 0.472 e. The predicted octanol–water partition coefficient (Wildman–Crippen LogP) is -5.00. The largest absolute Gasteiger partial charge is 0.472 e. The van der Waals surface area contributed by atoms with Crippen LogP contribution in [-0.2, 0) is 18.3 Å². The summed E-state index contributed by atoms with van der Waals surface area (Å²) in [6, 6.07) is 0. The van der Waals surface area contributed by atoms with Crippen LogP contribution < -0.4 is 11.1 Å². The summed E-state index contributed by atoms with van der Waals surface area (Å²) in [5.74, 6) is 0.202. The van der Waals surface area contributed by atoms with Crippen molar-refractivity contribution in [3.63, 3.8) is 0 Å². The molecule has 19 heteroatoms. The number of rotatable bonds is 7. The van der Waals surface area contributed by atoms with E-state index in [1.165, 1.54) is 17.2 Å². The Balaban J connectivity index is 0.000000285. The average molecular weight is 542 g/mol. The van der Waals surface area contributed by atoms with Crippen LogP contribution in [-0.4, -0.2) is 130 Å². The van der Waals surface area contributed by atoms with E-state index < -0.39 is 63.4 Å². The molecule has 1 unspecified atom stereocenters. The molecule has 12 N–H and O–H groups in total. The van der Waals surface area contributed by atoms with Gasteiger partial charge < -0.3 is 56.8 Å². The molecule has 4 rings (SSSR count). The number of hydrogen-bond donors (Lipinski definition) is 9. The van der Waals surface area contributed by atoms with Gasteiger partial charge in [-0.05, 0) is 7.05 Å². The van der Waals surface area contributed by atoms with Crippen molar-refractivity contribution in [2.24, 2.45) is 0 Å². The number of aromatic nitrogens is 4. The van der Waals surface area contributed by atoms with Gasteiger partial charge in [-0.25, -0.2) is 19.5 Å². The third kappa shape index (κ3) is 6.50. The summed E-state index contributed by atoms with van der Waals surface area (Å²) in [7, 11) is -2.59. The second-order valence-electron chi connectivity index (χ2n) is 7.83. The molecule has 2 aromatic rings. The fourth-order valence-electron chi connectivity index (χ4n) is 3.51. The molecule has 0 radical (unpaired) electrons. The number of aliphatic hydroxyl groups is 6. The molecule has 0 saturated carbocycles. The molecule has 4 heterocycles. The van der Waals surface area contributed by atoms with Gasteiger partial charge in [0, 0.05) is 6.54 Å². The van der Waals surface area contributed by atoms with E-state index >= 15 is 0 Å². The second-order valence-corrected chi connectivity index (χ2v) is 9.24. The molecule has 2 fully saturated rings. The first-order valence-electron chi connectivity index (χ1n) is 10.4. The monoisotopic (exact) mass is 542 g/mol. The van der Waals surface area contributed by atoms with Crippen molar-refractivity contribution in [3.8, 4) is 0 Å². The Morgan fingerprint density at radius 1 is 1.22 bits per heavy atom. The zero-order chi connectivity index (χ0) is 25.9. The topological polar surface area (TPSA) is 300 Å². The summed E-state index contributed by atoms with van der Waals surface area (Å²) in [6.07, 6.45) is -6.71. The molecule has 0 bridgehead atoms. The number of phosphoric acid groups is 1. The minimum Gasteiger partial charge on any atom is -0.412 e. The molecule has 0 aromatic carbocycles. The Morgan fingerprint density at radius 3 is 2.53 bits per heavy atom. The number of phosphoric ester groups is 1. The normalized spacial score (nSPS) is 30.9. The maximum absolute atomic E-state index is 11.5. The van der Waals surface area contributed by atoms with Crippen LogP contribution in [0.15, 0.2) is 12.7 Å². The quantitative estimate of drug-likeness (QED) is 0.148. The summed E-state index contributed by atoms with van der Waals surface area (Å²) in [4.78, 5) is 21.3. The minimum absolute atomic E-state index is 0. The van der Waals surface area contributed by atoms with Crippen molar-refractivity contribution in [1.29, 1.82) is 0 Å². The van der Waals surface area contributed by atoms with E-state index in [2.05, 4.69) is 24.8 Å². The fourth-order valence-corrected chi connectivity index (χ4v) is 4.48. The van der Waals surface area contributed by atoms with Crippen molar-refractivity contribution in [3.05, 3.63) is 12.7 Å². The van der Waals surface area contributed by atoms with Crippen LogP contribution in [0.5, 0.6) is 0 Å². The van der Waals surface area contributed by atoms with Crippen molar-refractivity contribution < 1.29 is 59.4 Å². The van der Waals surface area contributed by atoms with E-state index in [1.807, 2.05) is 0 Å². The SMILES string of the molecule is CNC[C@H](O)[C@@H](O)[C@H](O)[C@H](O)CO.Nc1ncnc2c1ncn2[C@@H]1O[C@@H]2COP(=O)(O)O[C@H]2[C@H]1O.O. The smallest absolute Gasteiger partial charge is 0.412 e. The number of aliphatic hydroxyl groups excluding tert-OH is 6. The number of likely N-dealkylation sites (N-methyl/N-ethyl adjacent to an activating group) is 1. The molecular formula is C17H31N6O12P. The van der Waals surface area contributed by atoms with Crippen LogP contribution in [0, 0.1) is 0 Å².